The average Bonchev–Trinajstić information content (AvgIpc) is 2.55. The summed E-state index contributed by atoms with van der Waals surface area (Å²) in [6.45, 7) is 2.93. The van der Waals surface area contributed by atoms with Gasteiger partial charge >= 0.3 is 0 Å². The molecule has 0 unspecified atom stereocenters. The molecule has 0 radical (unpaired) electrons. The van der Waals surface area contributed by atoms with Gasteiger partial charge in [-0.05, 0) is 49.6 Å². The lowest BCUT2D eigenvalue weighted by Gasteiger charge is -2.38. The van der Waals surface area contributed by atoms with Gasteiger partial charge in [0.15, 0.2) is 0 Å². The third-order valence-corrected chi connectivity index (χ3v) is 5.02. The van der Waals surface area contributed by atoms with E-state index >= 15 is 0 Å². The summed E-state index contributed by atoms with van der Waals surface area (Å²) in [5.41, 5.74) is 2.07. The van der Waals surface area contributed by atoms with Gasteiger partial charge in [0, 0.05) is 13.7 Å². The van der Waals surface area contributed by atoms with E-state index in [1.54, 1.807) is 7.11 Å². The Labute approximate surface area is 130 Å². The number of ether oxygens (including phenoxy) is 1. The first-order valence-electron chi connectivity index (χ1n) is 8.58. The molecule has 2 nitrogen and oxygen atoms in total. The highest BCUT2D eigenvalue weighted by Crippen LogP contribution is 2.42. The van der Waals surface area contributed by atoms with Crippen molar-refractivity contribution in [1.82, 2.24) is 5.32 Å². The van der Waals surface area contributed by atoms with Crippen molar-refractivity contribution < 1.29 is 4.74 Å². The topological polar surface area (TPSA) is 21.3 Å². The van der Waals surface area contributed by atoms with E-state index in [2.05, 4.69) is 35.6 Å². The highest BCUT2D eigenvalue weighted by atomic mass is 16.5. The van der Waals surface area contributed by atoms with Crippen LogP contribution in [0.25, 0.3) is 0 Å². The number of nitrogens with one attached hydrogen (secondary N) is 1. The van der Waals surface area contributed by atoms with E-state index in [-0.39, 0.29) is 0 Å². The molecule has 118 valence electrons. The lowest BCUT2D eigenvalue weighted by Crippen LogP contribution is -2.31. The first-order chi connectivity index (χ1) is 10.3. The maximum absolute atomic E-state index is 5.10. The third kappa shape index (κ3) is 5.80. The van der Waals surface area contributed by atoms with E-state index < -0.39 is 0 Å². The SMILES string of the molecule is COCCNCCC1(CCc2ccccc2)CCCCC1. The largest absolute Gasteiger partial charge is 0.383 e. The maximum Gasteiger partial charge on any atom is 0.0587 e. The van der Waals surface area contributed by atoms with Gasteiger partial charge in [0.05, 0.1) is 6.61 Å². The Hall–Kier alpha value is -0.860. The van der Waals surface area contributed by atoms with Gasteiger partial charge in [-0.15, -0.1) is 0 Å². The summed E-state index contributed by atoms with van der Waals surface area (Å²) in [5, 5.41) is 3.53. The molecule has 0 bridgehead atoms. The van der Waals surface area contributed by atoms with Gasteiger partial charge in [-0.1, -0.05) is 49.6 Å². The molecule has 0 atom stereocenters. The quantitative estimate of drug-likeness (QED) is 0.688. The van der Waals surface area contributed by atoms with Crippen LogP contribution in [0.2, 0.25) is 0 Å². The predicted molar refractivity (Wildman–Crippen MR) is 89.6 cm³/mol. The minimum atomic E-state index is 0.578. The molecule has 1 fully saturated rings. The first kappa shape index (κ1) is 16.5. The van der Waals surface area contributed by atoms with Gasteiger partial charge in [0.2, 0.25) is 0 Å². The fraction of sp³-hybridized carbons (Fsp3) is 0.684. The molecule has 1 N–H and O–H groups in total. The second-order valence-electron chi connectivity index (χ2n) is 6.54. The van der Waals surface area contributed by atoms with Crippen LogP contribution in [0, 0.1) is 5.41 Å². The Morgan fingerprint density at radius 2 is 1.76 bits per heavy atom. The molecule has 2 rings (SSSR count). The average molecular weight is 289 g/mol. The Morgan fingerprint density at radius 3 is 2.48 bits per heavy atom. The maximum atomic E-state index is 5.10. The van der Waals surface area contributed by atoms with Crippen molar-refractivity contribution in [3.63, 3.8) is 0 Å². The monoisotopic (exact) mass is 289 g/mol. The summed E-state index contributed by atoms with van der Waals surface area (Å²) >= 11 is 0. The van der Waals surface area contributed by atoms with Crippen molar-refractivity contribution in [2.45, 2.75) is 51.4 Å². The molecule has 0 amide bonds. The minimum absolute atomic E-state index is 0.578. The standard InChI is InChI=1S/C19H31NO/c1-21-17-16-20-15-14-19(11-6-3-7-12-19)13-10-18-8-4-2-5-9-18/h2,4-5,8-9,20H,3,6-7,10-17H2,1H3. The summed E-state index contributed by atoms with van der Waals surface area (Å²) in [4.78, 5) is 0. The molecule has 0 saturated heterocycles. The molecule has 21 heavy (non-hydrogen) atoms. The predicted octanol–water partition coefficient (Wildman–Crippen LogP) is 4.20. The van der Waals surface area contributed by atoms with Crippen LogP contribution in [0.4, 0.5) is 0 Å². The fourth-order valence-electron chi connectivity index (χ4n) is 3.63. The number of hydrogen-bond acceptors (Lipinski definition) is 2. The van der Waals surface area contributed by atoms with E-state index in [1.165, 1.54) is 56.9 Å². The molecule has 1 aliphatic rings. The van der Waals surface area contributed by atoms with Crippen LogP contribution in [-0.2, 0) is 11.2 Å². The number of hydrogen-bond donors (Lipinski definition) is 1. The molecule has 1 aliphatic carbocycles. The summed E-state index contributed by atoms with van der Waals surface area (Å²) < 4.78 is 5.10. The number of rotatable bonds is 9. The first-order valence-corrected chi connectivity index (χ1v) is 8.58. The minimum Gasteiger partial charge on any atom is -0.383 e. The Kier molecular flexibility index (Phi) is 7.25. The smallest absolute Gasteiger partial charge is 0.0587 e. The molecule has 1 aromatic rings. The van der Waals surface area contributed by atoms with Crippen LogP contribution in [0.3, 0.4) is 0 Å². The normalized spacial score (nSPS) is 17.8. The van der Waals surface area contributed by atoms with Crippen molar-refractivity contribution in [2.75, 3.05) is 26.8 Å². The van der Waals surface area contributed by atoms with E-state index in [4.69, 9.17) is 4.74 Å². The van der Waals surface area contributed by atoms with Gasteiger partial charge in [0.1, 0.15) is 0 Å². The molecule has 2 heteroatoms. The zero-order valence-electron chi connectivity index (χ0n) is 13.6. The molecule has 0 aromatic heterocycles. The molecule has 1 aromatic carbocycles. The molecule has 0 heterocycles. The van der Waals surface area contributed by atoms with E-state index in [0.717, 1.165) is 19.7 Å². The van der Waals surface area contributed by atoms with Crippen LogP contribution in [0.1, 0.15) is 50.5 Å². The van der Waals surface area contributed by atoms with Gasteiger partial charge in [-0.3, -0.25) is 0 Å². The summed E-state index contributed by atoms with van der Waals surface area (Å²) in [6.07, 6.45) is 11.0. The molecular formula is C19H31NO. The number of methoxy groups -OCH3 is 1. The fourth-order valence-corrected chi connectivity index (χ4v) is 3.63. The summed E-state index contributed by atoms with van der Waals surface area (Å²) in [7, 11) is 1.77. The summed E-state index contributed by atoms with van der Waals surface area (Å²) in [6, 6.07) is 11.0. The second kappa shape index (κ2) is 9.22. The van der Waals surface area contributed by atoms with E-state index in [0.29, 0.717) is 5.41 Å². The Morgan fingerprint density at radius 1 is 1.00 bits per heavy atom. The van der Waals surface area contributed by atoms with Gasteiger partial charge < -0.3 is 10.1 Å². The number of aryl methyl sites for hydroxylation is 1. The van der Waals surface area contributed by atoms with Crippen LogP contribution in [0.5, 0.6) is 0 Å². The van der Waals surface area contributed by atoms with Gasteiger partial charge in [-0.25, -0.2) is 0 Å². The summed E-state index contributed by atoms with van der Waals surface area (Å²) in [5.74, 6) is 0. The third-order valence-electron chi connectivity index (χ3n) is 5.02. The number of benzene rings is 1. The second-order valence-corrected chi connectivity index (χ2v) is 6.54. The lowest BCUT2D eigenvalue weighted by molar-refractivity contribution is 0.152. The van der Waals surface area contributed by atoms with Crippen molar-refractivity contribution in [1.29, 1.82) is 0 Å². The van der Waals surface area contributed by atoms with Gasteiger partial charge in [-0.2, -0.15) is 0 Å². The Bertz CT molecular complexity index is 370. The molecule has 0 aliphatic heterocycles. The molecule has 0 spiro atoms. The van der Waals surface area contributed by atoms with Crippen LogP contribution >= 0.6 is 0 Å². The van der Waals surface area contributed by atoms with Crippen molar-refractivity contribution in [3.8, 4) is 0 Å². The van der Waals surface area contributed by atoms with Crippen LogP contribution < -0.4 is 5.32 Å². The van der Waals surface area contributed by atoms with Crippen LogP contribution in [-0.4, -0.2) is 26.8 Å². The lowest BCUT2D eigenvalue weighted by atomic mass is 9.68. The Balaban J connectivity index is 1.81. The zero-order chi connectivity index (χ0) is 14.8. The van der Waals surface area contributed by atoms with Crippen molar-refractivity contribution >= 4 is 0 Å². The van der Waals surface area contributed by atoms with E-state index in [9.17, 15) is 0 Å². The zero-order valence-corrected chi connectivity index (χ0v) is 13.6. The van der Waals surface area contributed by atoms with Gasteiger partial charge in [0.25, 0.3) is 0 Å². The van der Waals surface area contributed by atoms with Crippen LogP contribution in [0.15, 0.2) is 30.3 Å². The highest BCUT2D eigenvalue weighted by Gasteiger charge is 2.30. The highest BCUT2D eigenvalue weighted by molar-refractivity contribution is 5.15. The van der Waals surface area contributed by atoms with Crippen molar-refractivity contribution in [3.05, 3.63) is 35.9 Å². The molecular weight excluding hydrogens is 258 g/mol. The van der Waals surface area contributed by atoms with Crippen molar-refractivity contribution in [2.24, 2.45) is 5.41 Å². The van der Waals surface area contributed by atoms with E-state index in [1.807, 2.05) is 0 Å². The molecule has 1 saturated carbocycles.